The topological polar surface area (TPSA) is 49.8 Å². The minimum absolute atomic E-state index is 0.658. The Morgan fingerprint density at radius 1 is 1.46 bits per heavy atom. The molecular weight excluding hydrogens is 180 g/mol. The van der Waals surface area contributed by atoms with E-state index in [1.54, 1.807) is 17.4 Å². The molecule has 0 saturated carbocycles. The molecule has 13 heavy (non-hydrogen) atoms. The minimum Gasteiger partial charge on any atom is -0.399 e. The number of nitrogens with zero attached hydrogens (tertiary/aromatic N) is 1. The molecule has 1 aromatic heterocycles. The molecule has 0 spiro atoms. The van der Waals surface area contributed by atoms with Crippen molar-refractivity contribution in [3.05, 3.63) is 28.6 Å². The molecule has 0 aliphatic heterocycles. The summed E-state index contributed by atoms with van der Waals surface area (Å²) in [4.78, 5) is 0. The number of benzene rings is 1. The summed E-state index contributed by atoms with van der Waals surface area (Å²) in [6.45, 7) is 2.01. The molecule has 0 radical (unpaired) electrons. The van der Waals surface area contributed by atoms with Gasteiger partial charge >= 0.3 is 0 Å². The van der Waals surface area contributed by atoms with Crippen LogP contribution in [-0.2, 0) is 0 Å². The predicted molar refractivity (Wildman–Crippen MR) is 55.7 cm³/mol. The average molecular weight is 188 g/mol. The first-order valence-electron chi connectivity index (χ1n) is 3.90. The van der Waals surface area contributed by atoms with Crippen molar-refractivity contribution in [1.82, 2.24) is 0 Å². The molecule has 2 nitrogen and oxygen atoms in total. The van der Waals surface area contributed by atoms with E-state index in [0.29, 0.717) is 11.3 Å². The van der Waals surface area contributed by atoms with Crippen molar-refractivity contribution in [2.75, 3.05) is 5.73 Å². The molecule has 0 bridgehead atoms. The van der Waals surface area contributed by atoms with Crippen molar-refractivity contribution < 1.29 is 0 Å². The first-order valence-corrected chi connectivity index (χ1v) is 4.78. The Labute approximate surface area is 80.2 Å². The maximum atomic E-state index is 8.90. The average Bonchev–Trinajstić information content (AvgIpc) is 2.46. The number of aryl methyl sites for hydroxylation is 1. The second-order valence-corrected chi connectivity index (χ2v) is 3.88. The quantitative estimate of drug-likeness (QED) is 0.646. The molecule has 0 fully saturated rings. The van der Waals surface area contributed by atoms with Crippen molar-refractivity contribution in [2.45, 2.75) is 6.92 Å². The van der Waals surface area contributed by atoms with E-state index in [2.05, 4.69) is 6.07 Å². The maximum Gasteiger partial charge on any atom is 0.0999 e. The van der Waals surface area contributed by atoms with Crippen molar-refractivity contribution in [1.29, 1.82) is 5.26 Å². The van der Waals surface area contributed by atoms with E-state index in [4.69, 9.17) is 11.0 Å². The number of nitrogens with two attached hydrogens (primary N) is 1. The molecule has 0 aliphatic carbocycles. The van der Waals surface area contributed by atoms with E-state index >= 15 is 0 Å². The van der Waals surface area contributed by atoms with E-state index in [1.165, 1.54) is 0 Å². The smallest absolute Gasteiger partial charge is 0.0999 e. The van der Waals surface area contributed by atoms with Crippen LogP contribution >= 0.6 is 11.3 Å². The van der Waals surface area contributed by atoms with Gasteiger partial charge in [0.15, 0.2) is 0 Å². The fourth-order valence-electron chi connectivity index (χ4n) is 1.44. The molecule has 2 aromatic rings. The van der Waals surface area contributed by atoms with Crippen molar-refractivity contribution in [2.24, 2.45) is 0 Å². The highest BCUT2D eigenvalue weighted by Gasteiger charge is 2.06. The molecule has 1 aromatic carbocycles. The molecule has 2 N–H and O–H groups in total. The summed E-state index contributed by atoms with van der Waals surface area (Å²) >= 11 is 1.63. The molecule has 2 rings (SSSR count). The summed E-state index contributed by atoms with van der Waals surface area (Å²) in [5.41, 5.74) is 8.15. The van der Waals surface area contributed by atoms with Crippen LogP contribution in [0, 0.1) is 18.3 Å². The van der Waals surface area contributed by atoms with Crippen LogP contribution in [0.25, 0.3) is 10.1 Å². The van der Waals surface area contributed by atoms with E-state index < -0.39 is 0 Å². The first kappa shape index (κ1) is 8.09. The SMILES string of the molecule is Cc1csc2cc(N)cc(C#N)c12. The monoisotopic (exact) mass is 188 g/mol. The summed E-state index contributed by atoms with van der Waals surface area (Å²) in [6, 6.07) is 5.80. The van der Waals surface area contributed by atoms with Crippen molar-refractivity contribution in [3.8, 4) is 6.07 Å². The van der Waals surface area contributed by atoms with Gasteiger partial charge in [-0.2, -0.15) is 5.26 Å². The molecule has 3 heteroatoms. The van der Waals surface area contributed by atoms with Crippen LogP contribution in [0.4, 0.5) is 5.69 Å². The third-order valence-electron chi connectivity index (χ3n) is 2.00. The lowest BCUT2D eigenvalue weighted by molar-refractivity contribution is 1.49. The number of thiophene rings is 1. The van der Waals surface area contributed by atoms with Crippen molar-refractivity contribution >= 4 is 27.1 Å². The van der Waals surface area contributed by atoms with Gasteiger partial charge < -0.3 is 5.73 Å². The van der Waals surface area contributed by atoms with E-state index in [0.717, 1.165) is 15.6 Å². The minimum atomic E-state index is 0.658. The third-order valence-corrected chi connectivity index (χ3v) is 3.05. The number of rotatable bonds is 0. The van der Waals surface area contributed by atoms with Gasteiger partial charge in [-0.05, 0) is 30.0 Å². The summed E-state index contributed by atoms with van der Waals surface area (Å²) in [6.07, 6.45) is 0. The zero-order valence-electron chi connectivity index (χ0n) is 7.16. The molecule has 64 valence electrons. The second kappa shape index (κ2) is 2.75. The molecule has 0 unspecified atom stereocenters. The molecular formula is C10H8N2S. The predicted octanol–water partition coefficient (Wildman–Crippen LogP) is 2.66. The normalized spacial score (nSPS) is 10.2. The summed E-state index contributed by atoms with van der Waals surface area (Å²) in [5.74, 6) is 0. The fourth-order valence-corrected chi connectivity index (χ4v) is 2.45. The van der Waals surface area contributed by atoms with Gasteiger partial charge in [0, 0.05) is 15.8 Å². The van der Waals surface area contributed by atoms with Gasteiger partial charge in [0.1, 0.15) is 0 Å². The third kappa shape index (κ3) is 1.16. The second-order valence-electron chi connectivity index (χ2n) is 2.97. The largest absolute Gasteiger partial charge is 0.399 e. The van der Waals surface area contributed by atoms with Crippen LogP contribution in [0.2, 0.25) is 0 Å². The molecule has 0 amide bonds. The Bertz CT molecular complexity index is 505. The maximum absolute atomic E-state index is 8.90. The highest BCUT2D eigenvalue weighted by atomic mass is 32.1. The molecule has 1 heterocycles. The first-order chi connectivity index (χ1) is 6.22. The van der Waals surface area contributed by atoms with Crippen LogP contribution < -0.4 is 5.73 Å². The van der Waals surface area contributed by atoms with Crippen LogP contribution in [0.15, 0.2) is 17.5 Å². The Hall–Kier alpha value is -1.53. The van der Waals surface area contributed by atoms with Gasteiger partial charge in [0.05, 0.1) is 11.6 Å². The lowest BCUT2D eigenvalue weighted by Gasteiger charge is -1.97. The lowest BCUT2D eigenvalue weighted by Crippen LogP contribution is -1.86. The lowest BCUT2D eigenvalue weighted by atomic mass is 10.1. The zero-order valence-corrected chi connectivity index (χ0v) is 7.98. The van der Waals surface area contributed by atoms with Gasteiger partial charge in [-0.3, -0.25) is 0 Å². The van der Waals surface area contributed by atoms with Crippen molar-refractivity contribution in [3.63, 3.8) is 0 Å². The van der Waals surface area contributed by atoms with Gasteiger partial charge in [-0.25, -0.2) is 0 Å². The summed E-state index contributed by atoms with van der Waals surface area (Å²) in [5, 5.41) is 12.0. The summed E-state index contributed by atoms with van der Waals surface area (Å²) in [7, 11) is 0. The number of fused-ring (bicyclic) bond motifs is 1. The van der Waals surface area contributed by atoms with Crippen LogP contribution in [0.5, 0.6) is 0 Å². The highest BCUT2D eigenvalue weighted by molar-refractivity contribution is 7.17. The number of anilines is 1. The van der Waals surface area contributed by atoms with E-state index in [9.17, 15) is 0 Å². The van der Waals surface area contributed by atoms with Gasteiger partial charge in [-0.15, -0.1) is 11.3 Å². The van der Waals surface area contributed by atoms with Crippen LogP contribution in [0.3, 0.4) is 0 Å². The fraction of sp³-hybridized carbons (Fsp3) is 0.100. The molecule has 0 aliphatic rings. The Kier molecular flexibility index (Phi) is 1.71. The molecule has 0 atom stereocenters. The Morgan fingerprint density at radius 3 is 2.92 bits per heavy atom. The van der Waals surface area contributed by atoms with E-state index in [-0.39, 0.29) is 0 Å². The highest BCUT2D eigenvalue weighted by Crippen LogP contribution is 2.30. The Balaban J connectivity index is 2.95. The van der Waals surface area contributed by atoms with Gasteiger partial charge in [-0.1, -0.05) is 0 Å². The summed E-state index contributed by atoms with van der Waals surface area (Å²) < 4.78 is 1.09. The standard InChI is InChI=1S/C10H8N2S/c1-6-5-13-9-3-8(12)2-7(4-11)10(6)9/h2-3,5H,12H2,1H3. The van der Waals surface area contributed by atoms with Gasteiger partial charge in [0.2, 0.25) is 0 Å². The van der Waals surface area contributed by atoms with Crippen LogP contribution in [0.1, 0.15) is 11.1 Å². The molecule has 0 saturated heterocycles. The van der Waals surface area contributed by atoms with Gasteiger partial charge in [0.25, 0.3) is 0 Å². The number of nitriles is 1. The Morgan fingerprint density at radius 2 is 2.23 bits per heavy atom. The van der Waals surface area contributed by atoms with Crippen LogP contribution in [-0.4, -0.2) is 0 Å². The zero-order chi connectivity index (χ0) is 9.42. The van der Waals surface area contributed by atoms with E-state index in [1.807, 2.05) is 18.4 Å². The number of hydrogen-bond acceptors (Lipinski definition) is 3. The number of nitrogen functional groups attached to an aromatic ring is 1. The number of hydrogen-bond donors (Lipinski definition) is 1.